The second-order valence-electron chi connectivity index (χ2n) is 1.07. The van der Waals surface area contributed by atoms with Gasteiger partial charge < -0.3 is 4.46 Å². The van der Waals surface area contributed by atoms with E-state index in [1.54, 1.807) is 0 Å². The molecular formula is C3H8OSi2. The van der Waals surface area contributed by atoms with E-state index >= 15 is 0 Å². The molecule has 0 fully saturated rings. The van der Waals surface area contributed by atoms with Gasteiger partial charge in [0.1, 0.15) is 9.04 Å². The van der Waals surface area contributed by atoms with Crippen LogP contribution in [-0.4, -0.2) is 18.0 Å². The van der Waals surface area contributed by atoms with Gasteiger partial charge in [-0.1, -0.05) is 19.4 Å². The van der Waals surface area contributed by atoms with Gasteiger partial charge in [-0.2, -0.15) is 0 Å². The standard InChI is InChI=1S/C3H8OSi2/c1-2-3-5-6-4/h6H,2-3H2,1H3. The highest BCUT2D eigenvalue weighted by Crippen LogP contribution is 1.79. The Morgan fingerprint density at radius 1 is 1.83 bits per heavy atom. The second kappa shape index (κ2) is 5.23. The van der Waals surface area contributed by atoms with Crippen LogP contribution in [0.4, 0.5) is 0 Å². The highest BCUT2D eigenvalue weighted by atomic mass is 29.1. The summed E-state index contributed by atoms with van der Waals surface area (Å²) in [6.45, 7) is 2.11. The molecule has 0 saturated carbocycles. The van der Waals surface area contributed by atoms with E-state index in [9.17, 15) is 4.46 Å². The molecule has 2 radical (unpaired) electrons. The first-order chi connectivity index (χ1) is 2.91. The molecule has 0 spiro atoms. The maximum absolute atomic E-state index is 9.78. The molecule has 34 valence electrons. The zero-order valence-corrected chi connectivity index (χ0v) is 6.05. The lowest BCUT2D eigenvalue weighted by atomic mass is 10.6. The van der Waals surface area contributed by atoms with E-state index in [4.69, 9.17) is 0 Å². The maximum Gasteiger partial charge on any atom is 0.236 e. The molecule has 0 aliphatic rings. The molecule has 0 amide bonds. The number of hydrogen-bond acceptors (Lipinski definition) is 1. The third-order valence-corrected chi connectivity index (χ3v) is 2.80. The highest BCUT2D eigenvalue weighted by molar-refractivity contribution is 6.92. The van der Waals surface area contributed by atoms with Crippen molar-refractivity contribution in [3.8, 4) is 0 Å². The van der Waals surface area contributed by atoms with Gasteiger partial charge in [-0.15, -0.1) is 0 Å². The summed E-state index contributed by atoms with van der Waals surface area (Å²) in [7, 11) is 0.304. The molecule has 0 saturated heterocycles. The Morgan fingerprint density at radius 2 is 2.50 bits per heavy atom. The smallest absolute Gasteiger partial charge is 0.236 e. The molecule has 0 aliphatic carbocycles. The second-order valence-corrected chi connectivity index (χ2v) is 4.15. The van der Waals surface area contributed by atoms with Crippen LogP contribution in [0.2, 0.25) is 6.04 Å². The normalized spacial score (nSPS) is 8.17. The summed E-state index contributed by atoms with van der Waals surface area (Å²) in [5.74, 6) is 0. The molecule has 0 aromatic carbocycles. The average molecular weight is 116 g/mol. The van der Waals surface area contributed by atoms with Gasteiger partial charge in [0.05, 0.1) is 0 Å². The van der Waals surface area contributed by atoms with E-state index in [1.165, 1.54) is 12.5 Å². The van der Waals surface area contributed by atoms with Crippen LogP contribution < -0.4 is 0 Å². The van der Waals surface area contributed by atoms with E-state index < -0.39 is 8.92 Å². The maximum atomic E-state index is 9.78. The van der Waals surface area contributed by atoms with Crippen molar-refractivity contribution < 1.29 is 4.46 Å². The fourth-order valence-electron chi connectivity index (χ4n) is 0.203. The first-order valence-electron chi connectivity index (χ1n) is 2.09. The predicted octanol–water partition coefficient (Wildman–Crippen LogP) is 0.216. The minimum absolute atomic E-state index is 0.438. The van der Waals surface area contributed by atoms with Gasteiger partial charge in [0.15, 0.2) is 0 Å². The zero-order chi connectivity index (χ0) is 4.83. The molecule has 0 rings (SSSR count). The molecule has 0 atom stereocenters. The lowest BCUT2D eigenvalue weighted by molar-refractivity contribution is 0.585. The van der Waals surface area contributed by atoms with E-state index in [0.717, 1.165) is 9.04 Å². The minimum atomic E-state index is -0.438. The van der Waals surface area contributed by atoms with Crippen LogP contribution in [0.15, 0.2) is 0 Å². The van der Waals surface area contributed by atoms with Crippen molar-refractivity contribution >= 4 is 18.0 Å². The minimum Gasteiger partial charge on any atom is -0.397 e. The number of hydrogen-bond donors (Lipinski definition) is 0. The van der Waals surface area contributed by atoms with Gasteiger partial charge >= 0.3 is 0 Å². The van der Waals surface area contributed by atoms with Crippen molar-refractivity contribution in [2.24, 2.45) is 0 Å². The molecule has 0 unspecified atom stereocenters. The van der Waals surface area contributed by atoms with Gasteiger partial charge in [-0.25, -0.2) is 0 Å². The predicted molar refractivity (Wildman–Crippen MR) is 28.7 cm³/mol. The Morgan fingerprint density at radius 3 is 2.67 bits per heavy atom. The Balaban J connectivity index is 2.49. The van der Waals surface area contributed by atoms with Crippen molar-refractivity contribution in [3.05, 3.63) is 0 Å². The van der Waals surface area contributed by atoms with Crippen LogP contribution in [-0.2, 0) is 4.46 Å². The van der Waals surface area contributed by atoms with Crippen LogP contribution in [0, 0.1) is 0 Å². The van der Waals surface area contributed by atoms with Gasteiger partial charge in [-0.05, 0) is 0 Å². The fraction of sp³-hybridized carbons (Fsp3) is 1.00. The molecule has 0 N–H and O–H groups in total. The molecule has 0 aromatic heterocycles. The Kier molecular flexibility index (Phi) is 5.44. The first-order valence-corrected chi connectivity index (χ1v) is 5.57. The summed E-state index contributed by atoms with van der Waals surface area (Å²) in [6, 6.07) is 1.17. The third-order valence-electron chi connectivity index (χ3n) is 0.478. The third kappa shape index (κ3) is 4.23. The van der Waals surface area contributed by atoms with Crippen LogP contribution >= 0.6 is 0 Å². The number of rotatable bonds is 3. The van der Waals surface area contributed by atoms with Crippen molar-refractivity contribution in [1.29, 1.82) is 0 Å². The van der Waals surface area contributed by atoms with Crippen molar-refractivity contribution in [3.63, 3.8) is 0 Å². The molecule has 1 nitrogen and oxygen atoms in total. The van der Waals surface area contributed by atoms with Crippen molar-refractivity contribution in [1.82, 2.24) is 0 Å². The van der Waals surface area contributed by atoms with E-state index in [1.807, 2.05) is 0 Å². The zero-order valence-electron chi connectivity index (χ0n) is 3.90. The topological polar surface area (TPSA) is 17.1 Å². The molecule has 0 aliphatic heterocycles. The molecule has 0 heterocycles. The summed E-state index contributed by atoms with van der Waals surface area (Å²) in [4.78, 5) is 0. The molecule has 0 aromatic rings. The SMILES string of the molecule is CCC[Si][SiH]=O. The fourth-order valence-corrected chi connectivity index (χ4v) is 1.83. The van der Waals surface area contributed by atoms with Gasteiger partial charge in [-0.3, -0.25) is 0 Å². The lowest BCUT2D eigenvalue weighted by Gasteiger charge is -1.76. The van der Waals surface area contributed by atoms with Gasteiger partial charge in [0.25, 0.3) is 0 Å². The van der Waals surface area contributed by atoms with Crippen LogP contribution in [0.25, 0.3) is 0 Å². The summed E-state index contributed by atoms with van der Waals surface area (Å²) in [6.07, 6.45) is 1.19. The summed E-state index contributed by atoms with van der Waals surface area (Å²) in [5, 5.41) is 0. The van der Waals surface area contributed by atoms with Gasteiger partial charge in [0, 0.05) is 0 Å². The van der Waals surface area contributed by atoms with Crippen LogP contribution in [0.5, 0.6) is 0 Å². The van der Waals surface area contributed by atoms with E-state index in [-0.39, 0.29) is 0 Å². The summed E-state index contributed by atoms with van der Waals surface area (Å²) >= 11 is 0. The average Bonchev–Trinajstić information content (AvgIpc) is 1.61. The van der Waals surface area contributed by atoms with E-state index in [2.05, 4.69) is 6.92 Å². The van der Waals surface area contributed by atoms with Crippen molar-refractivity contribution in [2.45, 2.75) is 19.4 Å². The van der Waals surface area contributed by atoms with Crippen molar-refractivity contribution in [2.75, 3.05) is 0 Å². The molecule has 0 bridgehead atoms. The van der Waals surface area contributed by atoms with E-state index in [0.29, 0.717) is 0 Å². The Labute approximate surface area is 42.6 Å². The molecule has 3 heteroatoms. The highest BCUT2D eigenvalue weighted by Gasteiger charge is 1.79. The first kappa shape index (κ1) is 6.23. The monoisotopic (exact) mass is 116 g/mol. The molecular weight excluding hydrogens is 108 g/mol. The summed E-state index contributed by atoms with van der Waals surface area (Å²) < 4.78 is 9.78. The van der Waals surface area contributed by atoms with Crippen LogP contribution in [0.3, 0.4) is 0 Å². The van der Waals surface area contributed by atoms with Crippen LogP contribution in [0.1, 0.15) is 13.3 Å². The summed E-state index contributed by atoms with van der Waals surface area (Å²) in [5.41, 5.74) is 0. The molecule has 6 heavy (non-hydrogen) atoms. The Hall–Kier alpha value is 0.234. The Bertz CT molecular complexity index is 37.8. The quantitative estimate of drug-likeness (QED) is 0.381. The van der Waals surface area contributed by atoms with Gasteiger partial charge in [0.2, 0.25) is 8.92 Å². The largest absolute Gasteiger partial charge is 0.397 e. The lowest BCUT2D eigenvalue weighted by Crippen LogP contribution is -1.89.